The van der Waals surface area contributed by atoms with E-state index >= 15 is 0 Å². The molecular weight excluding hydrogens is 352 g/mol. The van der Waals surface area contributed by atoms with E-state index in [2.05, 4.69) is 58.3 Å². The normalized spacial score (nSPS) is 22.4. The third kappa shape index (κ3) is 13.0. The zero-order chi connectivity index (χ0) is 20.6. The highest BCUT2D eigenvalue weighted by Gasteiger charge is 2.12. The van der Waals surface area contributed by atoms with Crippen molar-refractivity contribution in [2.75, 3.05) is 98.2 Å². The summed E-state index contributed by atoms with van der Waals surface area (Å²) in [7, 11) is 0. The molecule has 0 aliphatic carbocycles. The van der Waals surface area contributed by atoms with Gasteiger partial charge in [-0.25, -0.2) is 16.0 Å². The van der Waals surface area contributed by atoms with Crippen LogP contribution in [0.15, 0.2) is 0 Å². The molecule has 0 atom stereocenters. The van der Waals surface area contributed by atoms with Gasteiger partial charge in [-0.15, -0.1) is 0 Å². The first-order chi connectivity index (χ1) is 13.5. The van der Waals surface area contributed by atoms with E-state index in [4.69, 9.17) is 5.11 Å². The highest BCUT2D eigenvalue weighted by molar-refractivity contribution is 4.70. The number of hydrogen-bond donors (Lipinski definition) is 1. The Labute approximate surface area is 174 Å². The fourth-order valence-electron chi connectivity index (χ4n) is 3.50. The zero-order valence-corrected chi connectivity index (χ0v) is 18.9. The number of aliphatic hydroxyl groups excluding tert-OH is 1. The molecule has 3 saturated heterocycles. The molecule has 3 rings (SSSR count). The summed E-state index contributed by atoms with van der Waals surface area (Å²) < 4.78 is 0. The molecule has 3 aliphatic rings. The highest BCUT2D eigenvalue weighted by Crippen LogP contribution is 2.00. The van der Waals surface area contributed by atoms with E-state index in [1.165, 1.54) is 19.6 Å². The molecule has 0 aromatic rings. The van der Waals surface area contributed by atoms with Crippen molar-refractivity contribution < 1.29 is 5.11 Å². The van der Waals surface area contributed by atoms with Crippen molar-refractivity contribution in [3.05, 3.63) is 0 Å². The number of piperazine rings is 3. The molecule has 28 heavy (non-hydrogen) atoms. The van der Waals surface area contributed by atoms with Gasteiger partial charge in [0.2, 0.25) is 0 Å². The lowest BCUT2D eigenvalue weighted by molar-refractivity contribution is 0.179. The smallest absolute Gasteiger partial charge is 0.0558 e. The largest absolute Gasteiger partial charge is 0.395 e. The summed E-state index contributed by atoms with van der Waals surface area (Å²) in [6.45, 7) is 24.2. The van der Waals surface area contributed by atoms with Gasteiger partial charge in [-0.3, -0.25) is 9.80 Å². The zero-order valence-electron chi connectivity index (χ0n) is 18.9. The van der Waals surface area contributed by atoms with Gasteiger partial charge in [0, 0.05) is 97.7 Å². The average molecular weight is 398 g/mol. The Morgan fingerprint density at radius 3 is 1.46 bits per heavy atom. The Hall–Kier alpha value is -0.280. The van der Waals surface area contributed by atoms with Gasteiger partial charge in [0.15, 0.2) is 0 Å². The number of β-amino-alcohol motifs (C(OH)–C–C–N with tert-alkyl or cyclic N) is 1. The standard InChI is InChI=1S/C8H17N2.C7H15N2.C6H13N2O/c1-8(2)7-10-5-3-9-4-6-10;1-7(2)9-5-3-8-4-6-9;9-6-5-8-3-1-7-2-4-8/h8H,3-7H2,1-2H3;7H,3-6H2,1-2H3;9H,1-6H2. The molecule has 3 radical (unpaired) electrons. The maximum atomic E-state index is 8.55. The van der Waals surface area contributed by atoms with E-state index in [1.54, 1.807) is 0 Å². The maximum Gasteiger partial charge on any atom is 0.0558 e. The molecule has 3 aliphatic heterocycles. The molecule has 3 heterocycles. The van der Waals surface area contributed by atoms with Crippen LogP contribution in [0.4, 0.5) is 0 Å². The predicted octanol–water partition coefficient (Wildman–Crippen LogP) is -0.224. The predicted molar refractivity (Wildman–Crippen MR) is 117 cm³/mol. The second-order valence-electron chi connectivity index (χ2n) is 8.40. The van der Waals surface area contributed by atoms with Gasteiger partial charge < -0.3 is 10.0 Å². The van der Waals surface area contributed by atoms with Gasteiger partial charge in [-0.1, -0.05) is 13.8 Å². The minimum Gasteiger partial charge on any atom is -0.395 e. The summed E-state index contributed by atoms with van der Waals surface area (Å²) >= 11 is 0. The van der Waals surface area contributed by atoms with Gasteiger partial charge in [0.25, 0.3) is 0 Å². The molecule has 7 nitrogen and oxygen atoms in total. The molecule has 0 unspecified atom stereocenters. The molecular formula is C21H45N6O. The van der Waals surface area contributed by atoms with Crippen LogP contribution < -0.4 is 16.0 Å². The molecule has 0 amide bonds. The van der Waals surface area contributed by atoms with Crippen molar-refractivity contribution in [3.63, 3.8) is 0 Å². The minimum absolute atomic E-state index is 0.278. The summed E-state index contributed by atoms with van der Waals surface area (Å²) in [4.78, 5) is 7.19. The lowest BCUT2D eigenvalue weighted by Gasteiger charge is -2.29. The Morgan fingerprint density at radius 2 is 1.11 bits per heavy atom. The fraction of sp³-hybridized carbons (Fsp3) is 1.00. The molecule has 3 fully saturated rings. The summed E-state index contributed by atoms with van der Waals surface area (Å²) in [6.07, 6.45) is 0. The molecule has 0 spiro atoms. The summed E-state index contributed by atoms with van der Waals surface area (Å²) in [5.41, 5.74) is 0. The Kier molecular flexibility index (Phi) is 15.2. The maximum absolute atomic E-state index is 8.55. The molecule has 165 valence electrons. The Bertz CT molecular complexity index is 335. The Morgan fingerprint density at radius 1 is 0.679 bits per heavy atom. The first-order valence-corrected chi connectivity index (χ1v) is 11.2. The summed E-state index contributed by atoms with van der Waals surface area (Å²) in [6, 6.07) is 0.709. The SMILES string of the molecule is CC(C)CN1CC[N]CC1.CC(C)N1CC[N]CC1.OCCN1CC[N]CC1. The van der Waals surface area contributed by atoms with E-state index in [-0.39, 0.29) is 6.61 Å². The van der Waals surface area contributed by atoms with Crippen molar-refractivity contribution in [1.29, 1.82) is 0 Å². The highest BCUT2D eigenvalue weighted by atomic mass is 16.3. The van der Waals surface area contributed by atoms with Gasteiger partial charge in [-0.2, -0.15) is 0 Å². The van der Waals surface area contributed by atoms with E-state index in [0.29, 0.717) is 6.04 Å². The van der Waals surface area contributed by atoms with Crippen molar-refractivity contribution in [1.82, 2.24) is 30.7 Å². The third-order valence-electron chi connectivity index (χ3n) is 5.16. The van der Waals surface area contributed by atoms with Crippen molar-refractivity contribution in [2.45, 2.75) is 33.7 Å². The lowest BCUT2D eigenvalue weighted by Crippen LogP contribution is -2.43. The van der Waals surface area contributed by atoms with Crippen LogP contribution in [0, 0.1) is 5.92 Å². The van der Waals surface area contributed by atoms with E-state index in [1.807, 2.05) is 0 Å². The second kappa shape index (κ2) is 16.5. The number of aliphatic hydroxyl groups is 1. The Balaban J connectivity index is 0.000000210. The van der Waals surface area contributed by atoms with E-state index in [0.717, 1.165) is 77.9 Å². The molecule has 0 saturated carbocycles. The van der Waals surface area contributed by atoms with Crippen LogP contribution in [-0.2, 0) is 0 Å². The van der Waals surface area contributed by atoms with Gasteiger partial charge >= 0.3 is 0 Å². The van der Waals surface area contributed by atoms with E-state index < -0.39 is 0 Å². The minimum atomic E-state index is 0.278. The van der Waals surface area contributed by atoms with Gasteiger partial charge in [-0.05, 0) is 19.8 Å². The first-order valence-electron chi connectivity index (χ1n) is 11.2. The van der Waals surface area contributed by atoms with Crippen LogP contribution in [-0.4, -0.2) is 124 Å². The fourth-order valence-corrected chi connectivity index (χ4v) is 3.50. The van der Waals surface area contributed by atoms with Crippen molar-refractivity contribution in [2.24, 2.45) is 5.92 Å². The van der Waals surface area contributed by atoms with E-state index in [9.17, 15) is 0 Å². The van der Waals surface area contributed by atoms with Crippen LogP contribution in [0.5, 0.6) is 0 Å². The summed E-state index contributed by atoms with van der Waals surface area (Å²) in [5.74, 6) is 0.804. The molecule has 7 heteroatoms. The topological polar surface area (TPSA) is 72.3 Å². The van der Waals surface area contributed by atoms with Crippen LogP contribution in [0.3, 0.4) is 0 Å². The second-order valence-corrected chi connectivity index (χ2v) is 8.40. The van der Waals surface area contributed by atoms with Gasteiger partial charge in [0.1, 0.15) is 0 Å². The molecule has 1 N–H and O–H groups in total. The first kappa shape index (κ1) is 25.8. The van der Waals surface area contributed by atoms with Crippen LogP contribution in [0.25, 0.3) is 0 Å². The number of nitrogens with zero attached hydrogens (tertiary/aromatic N) is 6. The van der Waals surface area contributed by atoms with Crippen LogP contribution in [0.1, 0.15) is 27.7 Å². The quantitative estimate of drug-likeness (QED) is 0.696. The van der Waals surface area contributed by atoms with Gasteiger partial charge in [0.05, 0.1) is 6.61 Å². The number of rotatable bonds is 5. The van der Waals surface area contributed by atoms with Crippen LogP contribution >= 0.6 is 0 Å². The van der Waals surface area contributed by atoms with Crippen molar-refractivity contribution in [3.8, 4) is 0 Å². The monoisotopic (exact) mass is 397 g/mol. The average Bonchev–Trinajstić information content (AvgIpc) is 2.71. The summed E-state index contributed by atoms with van der Waals surface area (Å²) in [5, 5.41) is 21.3. The lowest BCUT2D eigenvalue weighted by atomic mass is 10.2. The molecule has 0 bridgehead atoms. The third-order valence-corrected chi connectivity index (χ3v) is 5.16. The molecule has 0 aromatic heterocycles. The van der Waals surface area contributed by atoms with Crippen LogP contribution in [0.2, 0.25) is 0 Å². The van der Waals surface area contributed by atoms with Crippen molar-refractivity contribution >= 4 is 0 Å². The molecule has 0 aromatic carbocycles. The number of hydrogen-bond acceptors (Lipinski definition) is 4.